The molecule has 5 heteroatoms. The van der Waals surface area contributed by atoms with Crippen molar-refractivity contribution in [2.75, 3.05) is 0 Å². The molecule has 0 aliphatic carbocycles. The quantitative estimate of drug-likeness (QED) is 0.543. The Hall–Kier alpha value is -1.64. The van der Waals surface area contributed by atoms with Gasteiger partial charge < -0.3 is 15.3 Å². The normalized spacial score (nSPS) is 14.5. The summed E-state index contributed by atoms with van der Waals surface area (Å²) < 4.78 is 0. The molecule has 0 saturated carbocycles. The molecule has 1 aromatic heterocycles. The Balaban J connectivity index is 2.96. The van der Waals surface area contributed by atoms with Crippen LogP contribution < -0.4 is 0 Å². The summed E-state index contributed by atoms with van der Waals surface area (Å²) in [6.07, 6.45) is -1.71. The van der Waals surface area contributed by atoms with E-state index in [1.165, 1.54) is 24.4 Å². The van der Waals surface area contributed by atoms with Gasteiger partial charge in [-0.1, -0.05) is 0 Å². The summed E-state index contributed by atoms with van der Waals surface area (Å²) in [6, 6.07) is 4.24. The van der Waals surface area contributed by atoms with E-state index in [0.29, 0.717) is 0 Å². The second kappa shape index (κ2) is 3.85. The third-order valence-corrected chi connectivity index (χ3v) is 1.53. The first-order chi connectivity index (χ1) is 6.16. The highest BCUT2D eigenvalue weighted by Crippen LogP contribution is 2.22. The van der Waals surface area contributed by atoms with Crippen LogP contribution in [-0.4, -0.2) is 26.4 Å². The van der Waals surface area contributed by atoms with Crippen molar-refractivity contribution in [3.05, 3.63) is 24.0 Å². The molecule has 0 aromatic carbocycles. The van der Waals surface area contributed by atoms with E-state index in [4.69, 9.17) is 10.4 Å². The third kappa shape index (κ3) is 1.93. The van der Waals surface area contributed by atoms with Crippen molar-refractivity contribution in [2.45, 2.75) is 12.2 Å². The van der Waals surface area contributed by atoms with Crippen LogP contribution >= 0.6 is 0 Å². The summed E-state index contributed by atoms with van der Waals surface area (Å²) in [7, 11) is 0. The third-order valence-electron chi connectivity index (χ3n) is 1.53. The Morgan fingerprint density at radius 1 is 1.46 bits per heavy atom. The van der Waals surface area contributed by atoms with Crippen molar-refractivity contribution in [2.24, 2.45) is 0 Å². The Morgan fingerprint density at radius 3 is 2.69 bits per heavy atom. The molecule has 0 radical (unpaired) electrons. The lowest BCUT2D eigenvalue weighted by Crippen LogP contribution is -2.16. The van der Waals surface area contributed by atoms with Crippen LogP contribution in [0.15, 0.2) is 18.3 Å². The molecular weight excluding hydrogens is 172 g/mol. The lowest BCUT2D eigenvalue weighted by molar-refractivity contribution is 0.0481. The van der Waals surface area contributed by atoms with E-state index in [-0.39, 0.29) is 11.4 Å². The van der Waals surface area contributed by atoms with E-state index in [9.17, 15) is 10.2 Å². The first-order valence-electron chi connectivity index (χ1n) is 3.56. The summed E-state index contributed by atoms with van der Waals surface area (Å²) in [5, 5.41) is 35.7. The predicted octanol–water partition coefficient (Wildman–Crippen LogP) is -0.295. The minimum Gasteiger partial charge on any atom is -0.506 e. The van der Waals surface area contributed by atoms with Crippen molar-refractivity contribution >= 4 is 0 Å². The van der Waals surface area contributed by atoms with E-state index in [1.807, 2.05) is 0 Å². The van der Waals surface area contributed by atoms with Crippen LogP contribution in [0.4, 0.5) is 0 Å². The molecule has 3 N–H and O–H groups in total. The highest BCUT2D eigenvalue weighted by atomic mass is 16.3. The topological polar surface area (TPSA) is 97.4 Å². The van der Waals surface area contributed by atoms with Crippen LogP contribution in [-0.2, 0) is 0 Å². The van der Waals surface area contributed by atoms with Gasteiger partial charge in [-0.15, -0.1) is 0 Å². The van der Waals surface area contributed by atoms with Crippen molar-refractivity contribution < 1.29 is 15.3 Å². The largest absolute Gasteiger partial charge is 0.506 e. The van der Waals surface area contributed by atoms with Gasteiger partial charge in [-0.2, -0.15) is 5.26 Å². The molecule has 0 spiro atoms. The number of aromatic nitrogens is 1. The van der Waals surface area contributed by atoms with Gasteiger partial charge in [0.05, 0.1) is 6.07 Å². The van der Waals surface area contributed by atoms with Crippen LogP contribution in [0.3, 0.4) is 0 Å². The van der Waals surface area contributed by atoms with Gasteiger partial charge in [-0.05, 0) is 12.1 Å². The average molecular weight is 180 g/mol. The summed E-state index contributed by atoms with van der Waals surface area (Å²) in [5.74, 6) is -0.246. The molecule has 1 rings (SSSR count). The summed E-state index contributed by atoms with van der Waals surface area (Å²) in [5.41, 5.74) is -0.100. The molecule has 0 aliphatic rings. The zero-order valence-corrected chi connectivity index (χ0v) is 6.62. The molecule has 2 unspecified atom stereocenters. The minimum absolute atomic E-state index is 0.100. The van der Waals surface area contributed by atoms with Crippen LogP contribution in [0.2, 0.25) is 0 Å². The molecule has 0 fully saturated rings. The van der Waals surface area contributed by atoms with Gasteiger partial charge in [0.1, 0.15) is 17.5 Å². The van der Waals surface area contributed by atoms with E-state index >= 15 is 0 Å². The predicted molar refractivity (Wildman–Crippen MR) is 42.5 cm³/mol. The molecule has 2 atom stereocenters. The lowest BCUT2D eigenvalue weighted by Gasteiger charge is -2.11. The average Bonchev–Trinajstić information content (AvgIpc) is 2.16. The van der Waals surface area contributed by atoms with Gasteiger partial charge in [0.2, 0.25) is 0 Å². The van der Waals surface area contributed by atoms with E-state index in [0.717, 1.165) is 0 Å². The Kier molecular flexibility index (Phi) is 2.80. The van der Waals surface area contributed by atoms with Gasteiger partial charge in [-0.3, -0.25) is 4.98 Å². The van der Waals surface area contributed by atoms with Crippen molar-refractivity contribution in [1.29, 1.82) is 5.26 Å². The standard InChI is InChI=1S/C8H8N2O3/c9-4-6(12)8(13)7-5(11)2-1-3-10-7/h1-3,6,8,11-13H. The molecule has 0 amide bonds. The number of rotatable bonds is 2. The fourth-order valence-electron chi connectivity index (χ4n) is 0.857. The molecule has 0 aliphatic heterocycles. The molecule has 1 aromatic rings. The number of hydrogen-bond acceptors (Lipinski definition) is 5. The van der Waals surface area contributed by atoms with Gasteiger partial charge >= 0.3 is 0 Å². The van der Waals surface area contributed by atoms with Gasteiger partial charge in [-0.25, -0.2) is 0 Å². The number of nitriles is 1. The Bertz CT molecular complexity index is 334. The highest BCUT2D eigenvalue weighted by molar-refractivity contribution is 5.28. The van der Waals surface area contributed by atoms with Crippen molar-refractivity contribution in [3.63, 3.8) is 0 Å². The molecule has 13 heavy (non-hydrogen) atoms. The molecule has 68 valence electrons. The maximum atomic E-state index is 9.27. The fourth-order valence-corrected chi connectivity index (χ4v) is 0.857. The van der Waals surface area contributed by atoms with Crippen LogP contribution in [0, 0.1) is 11.3 Å². The van der Waals surface area contributed by atoms with E-state index in [2.05, 4.69) is 4.98 Å². The molecule has 0 bridgehead atoms. The second-order valence-electron chi connectivity index (χ2n) is 2.43. The number of pyridine rings is 1. The Morgan fingerprint density at radius 2 is 2.15 bits per heavy atom. The summed E-state index contributed by atoms with van der Waals surface area (Å²) in [6.45, 7) is 0. The molecule has 0 saturated heterocycles. The monoisotopic (exact) mass is 180 g/mol. The maximum absolute atomic E-state index is 9.27. The van der Waals surface area contributed by atoms with Crippen molar-refractivity contribution in [3.8, 4) is 11.8 Å². The zero-order valence-electron chi connectivity index (χ0n) is 6.62. The Labute approximate surface area is 74.5 Å². The first kappa shape index (κ1) is 9.45. The first-order valence-corrected chi connectivity index (χ1v) is 3.56. The number of aliphatic hydroxyl groups excluding tert-OH is 2. The van der Waals surface area contributed by atoms with Crippen molar-refractivity contribution in [1.82, 2.24) is 4.98 Å². The smallest absolute Gasteiger partial charge is 0.172 e. The molecule has 5 nitrogen and oxygen atoms in total. The molecular formula is C8H8N2O3. The minimum atomic E-state index is -1.58. The molecule has 1 heterocycles. The number of aliphatic hydroxyl groups is 2. The van der Waals surface area contributed by atoms with E-state index in [1.54, 1.807) is 0 Å². The summed E-state index contributed by atoms with van der Waals surface area (Å²) >= 11 is 0. The van der Waals surface area contributed by atoms with Crippen LogP contribution in [0.25, 0.3) is 0 Å². The maximum Gasteiger partial charge on any atom is 0.172 e. The lowest BCUT2D eigenvalue weighted by atomic mass is 10.1. The SMILES string of the molecule is N#CC(O)C(O)c1ncccc1O. The highest BCUT2D eigenvalue weighted by Gasteiger charge is 2.21. The van der Waals surface area contributed by atoms with Gasteiger partial charge in [0.15, 0.2) is 6.10 Å². The zero-order chi connectivity index (χ0) is 9.84. The van der Waals surface area contributed by atoms with Crippen LogP contribution in [0.1, 0.15) is 11.8 Å². The van der Waals surface area contributed by atoms with E-state index < -0.39 is 12.2 Å². The number of aromatic hydroxyl groups is 1. The van der Waals surface area contributed by atoms with Gasteiger partial charge in [0, 0.05) is 6.20 Å². The van der Waals surface area contributed by atoms with Gasteiger partial charge in [0.25, 0.3) is 0 Å². The second-order valence-corrected chi connectivity index (χ2v) is 2.43. The van der Waals surface area contributed by atoms with Crippen LogP contribution in [0.5, 0.6) is 5.75 Å². The number of hydrogen-bond donors (Lipinski definition) is 3. The summed E-state index contributed by atoms with van der Waals surface area (Å²) in [4.78, 5) is 3.64. The number of nitrogens with zero attached hydrogens (tertiary/aromatic N) is 2. The fraction of sp³-hybridized carbons (Fsp3) is 0.250.